The molecule has 85 heavy (non-hydrogen) atoms. The average molecular weight is 1200 g/mol. The van der Waals surface area contributed by atoms with Gasteiger partial charge in [-0.25, -0.2) is 9.59 Å². The topological polar surface area (TPSA) is 435 Å². The number of phenolic OH excluding ortho intramolecular Hbond substituents is 4. The molecule has 0 radical (unpaired) electrons. The first-order valence-electron chi connectivity index (χ1n) is 25.7. The Morgan fingerprint density at radius 2 is 1.24 bits per heavy atom. The van der Waals surface area contributed by atoms with Gasteiger partial charge in [0.2, 0.25) is 18.3 Å². The summed E-state index contributed by atoms with van der Waals surface area (Å²) >= 11 is 0. The molecule has 0 saturated carbocycles. The molecule has 4 heterocycles. The van der Waals surface area contributed by atoms with Gasteiger partial charge in [0.05, 0.1) is 39.6 Å². The Labute approximate surface area is 481 Å². The molecule has 3 fully saturated rings. The van der Waals surface area contributed by atoms with Crippen LogP contribution in [0.2, 0.25) is 0 Å². The second-order valence-corrected chi connectivity index (χ2v) is 19.3. The van der Waals surface area contributed by atoms with E-state index in [9.17, 15) is 75.3 Å². The molecule has 13 N–H and O–H groups in total. The summed E-state index contributed by atoms with van der Waals surface area (Å²) in [5, 5.41) is 129. The van der Waals surface area contributed by atoms with E-state index in [0.29, 0.717) is 11.1 Å². The third-order valence-corrected chi connectivity index (χ3v) is 13.5. The number of esters is 3. The minimum atomic E-state index is -2.12. The zero-order valence-corrected chi connectivity index (χ0v) is 45.1. The highest BCUT2D eigenvalue weighted by molar-refractivity contribution is 5.90. The maximum Gasteiger partial charge on any atom is 0.331 e. The molecule has 0 aliphatic carbocycles. The molecule has 29 nitrogen and oxygen atoms in total. The summed E-state index contributed by atoms with van der Waals surface area (Å²) in [6, 6.07) is 14.7. The van der Waals surface area contributed by atoms with E-state index in [1.54, 1.807) is 0 Å². The largest absolute Gasteiger partial charge is 0.571 e. The summed E-state index contributed by atoms with van der Waals surface area (Å²) in [6.45, 7) is -2.24. The van der Waals surface area contributed by atoms with Crippen LogP contribution >= 0.6 is 0 Å². The third kappa shape index (κ3) is 14.9. The second-order valence-electron chi connectivity index (χ2n) is 19.3. The lowest BCUT2D eigenvalue weighted by Crippen LogP contribution is -2.63. The van der Waals surface area contributed by atoms with Gasteiger partial charge in [-0.15, -0.1) is 0 Å². The summed E-state index contributed by atoms with van der Waals surface area (Å²) in [6.07, 6.45) is -23.2. The Kier molecular flexibility index (Phi) is 20.2. The molecule has 15 atom stereocenters. The highest BCUT2D eigenvalue weighted by Crippen LogP contribution is 2.47. The number of carboxylic acid groups (broad SMARTS) is 1. The molecule has 4 aromatic carbocycles. The predicted molar refractivity (Wildman–Crippen MR) is 282 cm³/mol. The zero-order valence-electron chi connectivity index (χ0n) is 45.1. The maximum absolute atomic E-state index is 13.5. The van der Waals surface area contributed by atoms with Crippen molar-refractivity contribution in [1.82, 2.24) is 0 Å². The van der Waals surface area contributed by atoms with E-state index >= 15 is 0 Å². The number of hydrogen-bond donors (Lipinski definition) is 12. The number of hydrogen-bond acceptors (Lipinski definition) is 27. The minimum Gasteiger partial charge on any atom is -0.571 e. The summed E-state index contributed by atoms with van der Waals surface area (Å²) in [5.74, 6) is -6.54. The van der Waals surface area contributed by atoms with Gasteiger partial charge < -0.3 is 123 Å². The fraction of sp³-hybridized carbons (Fsp3) is 0.393. The second kappa shape index (κ2) is 27.5. The Morgan fingerprint density at radius 1 is 0.612 bits per heavy atom. The number of benzene rings is 4. The summed E-state index contributed by atoms with van der Waals surface area (Å²) in [4.78, 5) is 49.7. The number of carboxylic acids is 1. The molecule has 0 spiro atoms. The van der Waals surface area contributed by atoms with Crippen LogP contribution in [0.5, 0.6) is 51.7 Å². The number of fused-ring (bicyclic) bond motifs is 1. The predicted octanol–water partition coefficient (Wildman–Crippen LogP) is -0.115. The van der Waals surface area contributed by atoms with Gasteiger partial charge in [0, 0.05) is 24.3 Å². The molecular formula is C56H61O29+. The highest BCUT2D eigenvalue weighted by Gasteiger charge is 2.53. The van der Waals surface area contributed by atoms with Crippen LogP contribution in [0.15, 0.2) is 84.6 Å². The number of aromatic hydroxyl groups is 5. The van der Waals surface area contributed by atoms with Gasteiger partial charge in [0.1, 0.15) is 97.4 Å². The van der Waals surface area contributed by atoms with Crippen molar-refractivity contribution in [2.75, 3.05) is 41.2 Å². The number of aliphatic hydroxyl groups is 8. The first-order chi connectivity index (χ1) is 40.5. The van der Waals surface area contributed by atoms with Crippen LogP contribution in [0.1, 0.15) is 34.8 Å². The van der Waals surface area contributed by atoms with Crippen LogP contribution in [0.25, 0.3) is 18.2 Å². The molecule has 4 aliphatic heterocycles. The van der Waals surface area contributed by atoms with Crippen molar-refractivity contribution >= 4 is 42.1 Å². The molecule has 1 unspecified atom stereocenters. The Hall–Kier alpha value is -8.46. The lowest BCUT2D eigenvalue weighted by Gasteiger charge is -2.45. The van der Waals surface area contributed by atoms with Gasteiger partial charge in [-0.3, -0.25) is 9.59 Å². The summed E-state index contributed by atoms with van der Waals surface area (Å²) in [5.41, 5.74) is 0.916. The lowest BCUT2D eigenvalue weighted by atomic mass is 9.97. The molecular weight excluding hydrogens is 1140 g/mol. The van der Waals surface area contributed by atoms with E-state index in [-0.39, 0.29) is 62.9 Å². The van der Waals surface area contributed by atoms with Crippen LogP contribution in [0.3, 0.4) is 0 Å². The van der Waals surface area contributed by atoms with Gasteiger partial charge in [-0.1, -0.05) is 6.07 Å². The number of methoxy groups -OCH3 is 3. The molecule has 4 aliphatic rings. The molecule has 29 heteroatoms. The van der Waals surface area contributed by atoms with Crippen molar-refractivity contribution in [2.24, 2.45) is 0 Å². The van der Waals surface area contributed by atoms with Crippen molar-refractivity contribution < 1.29 is 142 Å². The van der Waals surface area contributed by atoms with Crippen molar-refractivity contribution in [3.63, 3.8) is 0 Å². The standard InChI is InChI=1S/C56H60O29/c1-73-34-14-24(4-11-30(34)59)5-12-41(63)76-22-39-47(69)49(71)53(85-55-52(44(66)31(60)21-78-55)84-42(64)13-6-25-15-35(74-2)45(67)36(16-25)75-3)56(83-39)81-37-19-29-32(79-51(37)26-7-9-27(57)10-8-26)17-28(58)18-33(29)80-54-50(72)48(70)46(68)38(82-54)23-77-43(65)20-40(61)62/h4-19,31,38-39,44,46-60,66-72H,20-23H2,1-3H3,(H,61,62)/p+1/b12-5+,13-6+/t31-,38-,39+,44-,46+,47+,48-,49-,50+,51?,52-,53+,54+,55-,56+/m0/s1. The normalized spacial score (nSPS) is 28.3. The number of aliphatic hydroxyl groups excluding tert-OH is 7. The van der Waals surface area contributed by atoms with Crippen molar-refractivity contribution in [3.05, 3.63) is 107 Å². The van der Waals surface area contributed by atoms with Gasteiger partial charge in [-0.2, -0.15) is 0 Å². The molecule has 8 rings (SSSR count). The molecule has 0 aromatic heterocycles. The minimum absolute atomic E-state index is 0.00855. The number of rotatable bonds is 21. The van der Waals surface area contributed by atoms with Gasteiger partial charge in [-0.05, 0) is 71.8 Å². The molecule has 0 bridgehead atoms. The van der Waals surface area contributed by atoms with Crippen LogP contribution in [-0.2, 0) is 57.1 Å². The van der Waals surface area contributed by atoms with Crippen LogP contribution < -0.4 is 18.9 Å². The van der Waals surface area contributed by atoms with Gasteiger partial charge >= 0.3 is 23.9 Å². The Bertz CT molecular complexity index is 3100. The summed E-state index contributed by atoms with van der Waals surface area (Å²) in [7, 11) is 3.90. The number of carbonyl (C=O) groups excluding carboxylic acids is 3. The SMILES string of the molecule is COc1cc(/C=C/C(=O)OC[C@H]2O[C@@H](OC3=Cc4c(O[C@@H]5O[C@@H](COC(=O)CC(=O)O)[C@@H](O)[C@H](O)[C@H]5O)cc(O)cc4[OH+]C3c3ccc(O)cc3)[C@H](O[C@@H]3OC[C@H](O)[C@H](O)[C@@H]3OC(=O)/C=C/c3cc(OC)c(O)c(OC)c3)[C@@H](O)[C@@H]2O)ccc1O. The Morgan fingerprint density at radius 3 is 1.91 bits per heavy atom. The van der Waals surface area contributed by atoms with Crippen molar-refractivity contribution in [1.29, 1.82) is 0 Å². The molecule has 0 amide bonds. The number of carbonyl (C=O) groups is 4. The number of phenols is 4. The van der Waals surface area contributed by atoms with Crippen LogP contribution in [-0.4, -0.2) is 217 Å². The van der Waals surface area contributed by atoms with E-state index in [4.69, 9.17) is 66.7 Å². The van der Waals surface area contributed by atoms with E-state index in [2.05, 4.69) is 0 Å². The van der Waals surface area contributed by atoms with Gasteiger partial charge in [0.15, 0.2) is 47.3 Å². The quantitative estimate of drug-likeness (QED) is 0.0170. The first-order valence-corrected chi connectivity index (χ1v) is 25.7. The molecule has 458 valence electrons. The zero-order chi connectivity index (χ0) is 61.4. The molecule has 3 saturated heterocycles. The maximum atomic E-state index is 13.5. The monoisotopic (exact) mass is 1200 g/mol. The first kappa shape index (κ1) is 62.6. The van der Waals surface area contributed by atoms with Crippen LogP contribution in [0.4, 0.5) is 0 Å². The van der Waals surface area contributed by atoms with E-state index in [0.717, 1.165) is 18.2 Å². The molecule has 4 aromatic rings. The fourth-order valence-corrected chi connectivity index (χ4v) is 9.09. The fourth-order valence-electron chi connectivity index (χ4n) is 9.09. The van der Waals surface area contributed by atoms with E-state index in [1.807, 2.05) is 0 Å². The Balaban J connectivity index is 1.13. The van der Waals surface area contributed by atoms with E-state index in [1.165, 1.54) is 100 Å². The lowest BCUT2D eigenvalue weighted by molar-refractivity contribution is -0.353. The average Bonchev–Trinajstić information content (AvgIpc) is 3.63. The van der Waals surface area contributed by atoms with Crippen LogP contribution in [0, 0.1) is 0 Å². The number of ether oxygens (including phenoxy) is 13. The smallest absolute Gasteiger partial charge is 0.331 e. The van der Waals surface area contributed by atoms with E-state index < -0.39 is 148 Å². The van der Waals surface area contributed by atoms with Gasteiger partial charge in [0.25, 0.3) is 11.9 Å². The number of aliphatic carboxylic acids is 1. The van der Waals surface area contributed by atoms with Crippen molar-refractivity contribution in [2.45, 2.75) is 98.5 Å². The van der Waals surface area contributed by atoms with Crippen molar-refractivity contribution in [3.8, 4) is 51.7 Å². The highest BCUT2D eigenvalue weighted by atomic mass is 16.8. The third-order valence-electron chi connectivity index (χ3n) is 13.5. The summed E-state index contributed by atoms with van der Waals surface area (Å²) < 4.78 is 72.7.